The van der Waals surface area contributed by atoms with E-state index in [1.54, 1.807) is 6.07 Å². The molecule has 1 aliphatic rings. The van der Waals surface area contributed by atoms with Crippen LogP contribution in [0.3, 0.4) is 0 Å². The molecule has 0 radical (unpaired) electrons. The first-order chi connectivity index (χ1) is 8.58. The van der Waals surface area contributed by atoms with Gasteiger partial charge in [-0.05, 0) is 42.4 Å². The zero-order valence-electron chi connectivity index (χ0n) is 10.5. The van der Waals surface area contributed by atoms with E-state index in [2.05, 4.69) is 6.92 Å². The van der Waals surface area contributed by atoms with Gasteiger partial charge in [-0.3, -0.25) is 0 Å². The molecule has 4 heteroatoms. The molecule has 100 valence electrons. The number of hydrogen-bond donors (Lipinski definition) is 1. The Morgan fingerprint density at radius 2 is 2.17 bits per heavy atom. The highest BCUT2D eigenvalue weighted by atomic mass is 19.2. The lowest BCUT2D eigenvalue weighted by atomic mass is 9.81. The molecule has 1 heterocycles. The fourth-order valence-electron chi connectivity index (χ4n) is 2.62. The van der Waals surface area contributed by atoms with Gasteiger partial charge in [0.05, 0.1) is 0 Å². The minimum atomic E-state index is -0.813. The molecule has 1 aromatic carbocycles. The predicted molar refractivity (Wildman–Crippen MR) is 66.1 cm³/mol. The number of hydrogen-bond acceptors (Lipinski definition) is 2. The van der Waals surface area contributed by atoms with Crippen molar-refractivity contribution < 1.29 is 13.5 Å². The van der Waals surface area contributed by atoms with Gasteiger partial charge >= 0.3 is 0 Å². The van der Waals surface area contributed by atoms with Crippen molar-refractivity contribution in [2.75, 3.05) is 13.2 Å². The van der Waals surface area contributed by atoms with Crippen molar-refractivity contribution in [3.8, 4) is 0 Å². The molecule has 0 amide bonds. The summed E-state index contributed by atoms with van der Waals surface area (Å²) < 4.78 is 31.3. The average Bonchev–Trinajstić information content (AvgIpc) is 2.34. The predicted octanol–water partition coefficient (Wildman–Crippen LogP) is 2.51. The van der Waals surface area contributed by atoms with Crippen molar-refractivity contribution in [3.05, 3.63) is 35.4 Å². The lowest BCUT2D eigenvalue weighted by Gasteiger charge is -2.33. The van der Waals surface area contributed by atoms with Gasteiger partial charge in [0.25, 0.3) is 0 Å². The summed E-state index contributed by atoms with van der Waals surface area (Å²) in [5.74, 6) is -0.822. The van der Waals surface area contributed by atoms with Gasteiger partial charge in [0.1, 0.15) is 0 Å². The highest BCUT2D eigenvalue weighted by Gasteiger charge is 2.27. The van der Waals surface area contributed by atoms with Crippen LogP contribution in [0.15, 0.2) is 18.2 Å². The van der Waals surface area contributed by atoms with Crippen LogP contribution in [0, 0.1) is 23.5 Å². The van der Waals surface area contributed by atoms with E-state index in [1.165, 1.54) is 6.07 Å². The number of ether oxygens (including phenoxy) is 1. The maximum absolute atomic E-state index is 13.1. The Morgan fingerprint density at radius 1 is 1.39 bits per heavy atom. The largest absolute Gasteiger partial charge is 0.381 e. The van der Waals surface area contributed by atoms with Gasteiger partial charge in [-0.25, -0.2) is 8.78 Å². The lowest BCUT2D eigenvalue weighted by Crippen LogP contribution is -2.40. The first kappa shape index (κ1) is 13.4. The van der Waals surface area contributed by atoms with E-state index in [4.69, 9.17) is 10.5 Å². The lowest BCUT2D eigenvalue weighted by molar-refractivity contribution is 0.0157. The van der Waals surface area contributed by atoms with E-state index in [9.17, 15) is 8.78 Å². The molecular weight excluding hydrogens is 236 g/mol. The van der Waals surface area contributed by atoms with E-state index >= 15 is 0 Å². The fourth-order valence-corrected chi connectivity index (χ4v) is 2.62. The molecular formula is C14H19F2NO. The summed E-state index contributed by atoms with van der Waals surface area (Å²) in [5, 5.41) is 0. The number of nitrogens with two attached hydrogens (primary N) is 1. The summed E-state index contributed by atoms with van der Waals surface area (Å²) in [4.78, 5) is 0. The maximum atomic E-state index is 13.1. The SMILES string of the molecule is CC1COCCC1C(N)Cc1ccc(F)c(F)c1. The van der Waals surface area contributed by atoms with E-state index in [0.717, 1.165) is 31.3 Å². The van der Waals surface area contributed by atoms with Gasteiger partial charge in [0.15, 0.2) is 11.6 Å². The molecule has 2 nitrogen and oxygen atoms in total. The zero-order valence-corrected chi connectivity index (χ0v) is 10.5. The number of halogens is 2. The van der Waals surface area contributed by atoms with Gasteiger partial charge in [-0.2, -0.15) is 0 Å². The first-order valence-electron chi connectivity index (χ1n) is 6.35. The first-order valence-corrected chi connectivity index (χ1v) is 6.35. The zero-order chi connectivity index (χ0) is 13.1. The molecule has 0 bridgehead atoms. The Hall–Kier alpha value is -1.00. The topological polar surface area (TPSA) is 35.2 Å². The number of rotatable bonds is 3. The molecule has 0 aliphatic carbocycles. The van der Waals surface area contributed by atoms with Crippen LogP contribution in [-0.4, -0.2) is 19.3 Å². The highest BCUT2D eigenvalue weighted by Crippen LogP contribution is 2.25. The van der Waals surface area contributed by atoms with Crippen molar-refractivity contribution in [1.82, 2.24) is 0 Å². The molecule has 2 N–H and O–H groups in total. The Bertz CT molecular complexity index is 411. The standard InChI is InChI=1S/C14H19F2NO/c1-9-8-18-5-4-11(9)14(17)7-10-2-3-12(15)13(16)6-10/h2-3,6,9,11,14H,4-5,7-8,17H2,1H3. The molecule has 0 aromatic heterocycles. The molecule has 2 rings (SSSR count). The third-order valence-electron chi connectivity index (χ3n) is 3.71. The summed E-state index contributed by atoms with van der Waals surface area (Å²) in [6.45, 7) is 3.59. The molecule has 1 saturated heterocycles. The minimum absolute atomic E-state index is 0.0336. The Kier molecular flexibility index (Phi) is 4.30. The van der Waals surface area contributed by atoms with Crippen molar-refractivity contribution in [2.24, 2.45) is 17.6 Å². The van der Waals surface area contributed by atoms with Crippen LogP contribution < -0.4 is 5.73 Å². The van der Waals surface area contributed by atoms with Crippen molar-refractivity contribution in [3.63, 3.8) is 0 Å². The summed E-state index contributed by atoms with van der Waals surface area (Å²) in [6, 6.07) is 3.96. The summed E-state index contributed by atoms with van der Waals surface area (Å²) >= 11 is 0. The average molecular weight is 255 g/mol. The Balaban J connectivity index is 2.01. The van der Waals surface area contributed by atoms with Crippen molar-refractivity contribution in [1.29, 1.82) is 0 Å². The highest BCUT2D eigenvalue weighted by molar-refractivity contribution is 5.19. The summed E-state index contributed by atoms with van der Waals surface area (Å²) in [7, 11) is 0. The van der Waals surface area contributed by atoms with Crippen LogP contribution in [0.4, 0.5) is 8.78 Å². The molecule has 1 aliphatic heterocycles. The van der Waals surface area contributed by atoms with E-state index < -0.39 is 11.6 Å². The molecule has 1 aromatic rings. The minimum Gasteiger partial charge on any atom is -0.381 e. The molecule has 18 heavy (non-hydrogen) atoms. The fraction of sp³-hybridized carbons (Fsp3) is 0.571. The molecule has 0 saturated carbocycles. The van der Waals surface area contributed by atoms with Crippen LogP contribution in [-0.2, 0) is 11.2 Å². The Morgan fingerprint density at radius 3 is 2.83 bits per heavy atom. The van der Waals surface area contributed by atoms with Crippen LogP contribution in [0.5, 0.6) is 0 Å². The normalized spacial score (nSPS) is 26.0. The van der Waals surface area contributed by atoms with E-state index in [0.29, 0.717) is 18.3 Å². The van der Waals surface area contributed by atoms with Crippen LogP contribution >= 0.6 is 0 Å². The van der Waals surface area contributed by atoms with Crippen LogP contribution in [0.1, 0.15) is 18.9 Å². The van der Waals surface area contributed by atoms with Gasteiger partial charge in [-0.1, -0.05) is 13.0 Å². The number of benzene rings is 1. The third kappa shape index (κ3) is 3.06. The van der Waals surface area contributed by atoms with E-state index in [-0.39, 0.29) is 6.04 Å². The van der Waals surface area contributed by atoms with Crippen LogP contribution in [0.25, 0.3) is 0 Å². The van der Waals surface area contributed by atoms with Gasteiger partial charge < -0.3 is 10.5 Å². The second-order valence-corrected chi connectivity index (χ2v) is 5.12. The quantitative estimate of drug-likeness (QED) is 0.900. The summed E-state index contributed by atoms with van der Waals surface area (Å²) in [5.41, 5.74) is 6.94. The molecule has 3 unspecified atom stereocenters. The second-order valence-electron chi connectivity index (χ2n) is 5.12. The van der Waals surface area contributed by atoms with Crippen molar-refractivity contribution in [2.45, 2.75) is 25.8 Å². The third-order valence-corrected chi connectivity index (χ3v) is 3.71. The van der Waals surface area contributed by atoms with Gasteiger partial charge in [-0.15, -0.1) is 0 Å². The van der Waals surface area contributed by atoms with Gasteiger partial charge in [0, 0.05) is 19.3 Å². The summed E-state index contributed by atoms with van der Waals surface area (Å²) in [6.07, 6.45) is 1.51. The molecule has 0 spiro atoms. The monoisotopic (exact) mass is 255 g/mol. The van der Waals surface area contributed by atoms with Gasteiger partial charge in [0.2, 0.25) is 0 Å². The second kappa shape index (κ2) is 5.76. The Labute approximate surface area is 106 Å². The molecule has 1 fully saturated rings. The molecule has 3 atom stereocenters. The van der Waals surface area contributed by atoms with Crippen LogP contribution in [0.2, 0.25) is 0 Å². The van der Waals surface area contributed by atoms with Crippen molar-refractivity contribution >= 4 is 0 Å². The smallest absolute Gasteiger partial charge is 0.159 e. The maximum Gasteiger partial charge on any atom is 0.159 e. The van der Waals surface area contributed by atoms with E-state index in [1.807, 2.05) is 0 Å².